The van der Waals surface area contributed by atoms with Crippen LogP contribution in [-0.2, 0) is 19.6 Å². The Hall–Kier alpha value is -0.660. The fourth-order valence-corrected chi connectivity index (χ4v) is 3.26. The van der Waals surface area contributed by atoms with Crippen molar-refractivity contribution >= 4 is 16.0 Å². The highest BCUT2D eigenvalue weighted by atomic mass is 32.2. The second-order valence-corrected chi connectivity index (χ2v) is 5.77. The maximum absolute atomic E-state index is 11.8. The highest BCUT2D eigenvalue weighted by Crippen LogP contribution is 2.15. The molecule has 7 heteroatoms. The summed E-state index contributed by atoms with van der Waals surface area (Å²) >= 11 is 0. The van der Waals surface area contributed by atoms with Crippen molar-refractivity contribution in [3.05, 3.63) is 0 Å². The summed E-state index contributed by atoms with van der Waals surface area (Å²) in [6.45, 7) is 2.45. The highest BCUT2D eigenvalue weighted by Gasteiger charge is 2.31. The third-order valence-corrected chi connectivity index (χ3v) is 4.58. The zero-order chi connectivity index (χ0) is 12.2. The van der Waals surface area contributed by atoms with Crippen LogP contribution in [0.3, 0.4) is 0 Å². The summed E-state index contributed by atoms with van der Waals surface area (Å²) in [4.78, 5) is 10.7. The van der Waals surface area contributed by atoms with Gasteiger partial charge in [-0.1, -0.05) is 6.92 Å². The van der Waals surface area contributed by atoms with E-state index in [4.69, 9.17) is 9.84 Å². The molecule has 0 aromatic rings. The summed E-state index contributed by atoms with van der Waals surface area (Å²) in [5, 5.41) is 8.25. The standard InChI is InChI=1S/C9H17NO5S/c1-2-8(9(11)12)10-16(13,14)7-3-5-15-6-4-7/h7-8,10H,2-6H2,1H3,(H,11,12)/t8-/m1/s1. The number of nitrogens with one attached hydrogen (secondary N) is 1. The number of rotatable bonds is 5. The Morgan fingerprint density at radius 1 is 1.50 bits per heavy atom. The molecular formula is C9H17NO5S. The summed E-state index contributed by atoms with van der Waals surface area (Å²) in [7, 11) is -3.55. The minimum Gasteiger partial charge on any atom is -0.480 e. The molecule has 0 radical (unpaired) electrons. The molecule has 16 heavy (non-hydrogen) atoms. The second-order valence-electron chi connectivity index (χ2n) is 3.77. The van der Waals surface area contributed by atoms with Gasteiger partial charge in [-0.3, -0.25) is 4.79 Å². The van der Waals surface area contributed by atoms with Crippen molar-refractivity contribution in [3.8, 4) is 0 Å². The van der Waals surface area contributed by atoms with Crippen LogP contribution in [0, 0.1) is 0 Å². The molecule has 0 aliphatic carbocycles. The number of hydrogen-bond donors (Lipinski definition) is 2. The second kappa shape index (κ2) is 5.60. The van der Waals surface area contributed by atoms with E-state index in [-0.39, 0.29) is 6.42 Å². The molecular weight excluding hydrogens is 234 g/mol. The van der Waals surface area contributed by atoms with Crippen LogP contribution in [0.2, 0.25) is 0 Å². The van der Waals surface area contributed by atoms with Gasteiger partial charge in [0.25, 0.3) is 0 Å². The van der Waals surface area contributed by atoms with E-state index in [0.29, 0.717) is 26.1 Å². The summed E-state index contributed by atoms with van der Waals surface area (Å²) in [5.41, 5.74) is 0. The number of hydrogen-bond acceptors (Lipinski definition) is 4. The molecule has 0 saturated carbocycles. The molecule has 1 heterocycles. The Balaban J connectivity index is 2.65. The lowest BCUT2D eigenvalue weighted by Gasteiger charge is -2.24. The molecule has 6 nitrogen and oxygen atoms in total. The lowest BCUT2D eigenvalue weighted by molar-refractivity contribution is -0.139. The number of aliphatic carboxylic acids is 1. The SMILES string of the molecule is CC[C@@H](NS(=O)(=O)C1CCOCC1)C(=O)O. The number of carboxylic acid groups (broad SMARTS) is 1. The smallest absolute Gasteiger partial charge is 0.321 e. The molecule has 1 aliphatic rings. The van der Waals surface area contributed by atoms with Crippen LogP contribution in [0.25, 0.3) is 0 Å². The number of sulfonamides is 1. The number of ether oxygens (including phenoxy) is 1. The zero-order valence-electron chi connectivity index (χ0n) is 9.18. The minimum atomic E-state index is -3.55. The third-order valence-electron chi connectivity index (χ3n) is 2.62. The van der Waals surface area contributed by atoms with Gasteiger partial charge in [0, 0.05) is 13.2 Å². The first-order valence-electron chi connectivity index (χ1n) is 5.29. The molecule has 0 aromatic heterocycles. The van der Waals surface area contributed by atoms with Gasteiger partial charge in [-0.15, -0.1) is 0 Å². The van der Waals surface area contributed by atoms with Crippen molar-refractivity contribution < 1.29 is 23.1 Å². The van der Waals surface area contributed by atoms with Crippen LogP contribution in [0.4, 0.5) is 0 Å². The molecule has 1 rings (SSSR count). The van der Waals surface area contributed by atoms with Gasteiger partial charge in [0.05, 0.1) is 5.25 Å². The van der Waals surface area contributed by atoms with Gasteiger partial charge in [-0.25, -0.2) is 13.1 Å². The van der Waals surface area contributed by atoms with Gasteiger partial charge in [0.2, 0.25) is 10.0 Å². The molecule has 0 spiro atoms. The Bertz CT molecular complexity index is 334. The first-order valence-corrected chi connectivity index (χ1v) is 6.83. The van der Waals surface area contributed by atoms with E-state index in [2.05, 4.69) is 4.72 Å². The van der Waals surface area contributed by atoms with Gasteiger partial charge in [0.1, 0.15) is 6.04 Å². The van der Waals surface area contributed by atoms with Crippen molar-refractivity contribution in [2.75, 3.05) is 13.2 Å². The quantitative estimate of drug-likeness (QED) is 0.714. The van der Waals surface area contributed by atoms with E-state index >= 15 is 0 Å². The summed E-state index contributed by atoms with van der Waals surface area (Å²) < 4.78 is 31.0. The zero-order valence-corrected chi connectivity index (χ0v) is 10.00. The first-order chi connectivity index (χ1) is 7.47. The number of carbonyl (C=O) groups is 1. The van der Waals surface area contributed by atoms with Gasteiger partial charge < -0.3 is 9.84 Å². The van der Waals surface area contributed by atoms with E-state index in [1.807, 2.05) is 0 Å². The maximum Gasteiger partial charge on any atom is 0.321 e. The van der Waals surface area contributed by atoms with Gasteiger partial charge in [0.15, 0.2) is 0 Å². The average molecular weight is 251 g/mol. The molecule has 0 amide bonds. The third kappa shape index (κ3) is 3.43. The fourth-order valence-electron chi connectivity index (χ4n) is 1.59. The van der Waals surface area contributed by atoms with E-state index < -0.39 is 27.3 Å². The Labute approximate surface area is 95.0 Å². The molecule has 1 aliphatic heterocycles. The monoisotopic (exact) mass is 251 g/mol. The molecule has 2 N–H and O–H groups in total. The summed E-state index contributed by atoms with van der Waals surface area (Å²) in [6.07, 6.45) is 1.08. The average Bonchev–Trinajstić information content (AvgIpc) is 2.27. The van der Waals surface area contributed by atoms with Crippen LogP contribution in [0.15, 0.2) is 0 Å². The molecule has 94 valence electrons. The molecule has 0 unspecified atom stereocenters. The van der Waals surface area contributed by atoms with E-state index in [1.54, 1.807) is 6.92 Å². The fraction of sp³-hybridized carbons (Fsp3) is 0.889. The van der Waals surface area contributed by atoms with E-state index in [0.717, 1.165) is 0 Å². The topological polar surface area (TPSA) is 92.7 Å². The lowest BCUT2D eigenvalue weighted by Crippen LogP contribution is -2.46. The van der Waals surface area contributed by atoms with E-state index in [9.17, 15) is 13.2 Å². The normalized spacial score (nSPS) is 20.6. The Morgan fingerprint density at radius 3 is 2.50 bits per heavy atom. The van der Waals surface area contributed by atoms with Gasteiger partial charge in [-0.2, -0.15) is 0 Å². The minimum absolute atomic E-state index is 0.234. The van der Waals surface area contributed by atoms with Crippen LogP contribution in [0.1, 0.15) is 26.2 Å². The van der Waals surface area contributed by atoms with E-state index in [1.165, 1.54) is 0 Å². The number of carboxylic acids is 1. The predicted molar refractivity (Wildman–Crippen MR) is 57.6 cm³/mol. The van der Waals surface area contributed by atoms with Gasteiger partial charge in [-0.05, 0) is 19.3 Å². The molecule has 1 fully saturated rings. The van der Waals surface area contributed by atoms with Crippen LogP contribution in [0.5, 0.6) is 0 Å². The van der Waals surface area contributed by atoms with Crippen molar-refractivity contribution in [3.63, 3.8) is 0 Å². The van der Waals surface area contributed by atoms with Crippen LogP contribution in [-0.4, -0.2) is 44.0 Å². The summed E-state index contributed by atoms with van der Waals surface area (Å²) in [6, 6.07) is -1.03. The lowest BCUT2D eigenvalue weighted by atomic mass is 10.2. The highest BCUT2D eigenvalue weighted by molar-refractivity contribution is 7.90. The largest absolute Gasteiger partial charge is 0.480 e. The molecule has 0 aromatic carbocycles. The predicted octanol–water partition coefficient (Wildman–Crippen LogP) is -0.0520. The van der Waals surface area contributed by atoms with Crippen molar-refractivity contribution in [1.82, 2.24) is 4.72 Å². The van der Waals surface area contributed by atoms with Crippen molar-refractivity contribution in [2.45, 2.75) is 37.5 Å². The van der Waals surface area contributed by atoms with Crippen LogP contribution < -0.4 is 4.72 Å². The molecule has 0 bridgehead atoms. The van der Waals surface area contributed by atoms with Crippen LogP contribution >= 0.6 is 0 Å². The molecule has 1 atom stereocenters. The van der Waals surface area contributed by atoms with Gasteiger partial charge >= 0.3 is 5.97 Å². The van der Waals surface area contributed by atoms with Crippen molar-refractivity contribution in [1.29, 1.82) is 0 Å². The molecule has 1 saturated heterocycles. The maximum atomic E-state index is 11.8. The van der Waals surface area contributed by atoms with Crippen molar-refractivity contribution in [2.24, 2.45) is 0 Å². The Kier molecular flexibility index (Phi) is 4.69. The Morgan fingerprint density at radius 2 is 2.06 bits per heavy atom. The summed E-state index contributed by atoms with van der Waals surface area (Å²) in [5.74, 6) is -1.14. The first kappa shape index (κ1) is 13.4.